The molecule has 1 aromatic rings. The Hall–Kier alpha value is -1.26. The molecule has 0 N–H and O–H groups in total. The third kappa shape index (κ3) is 4.51. The number of nitrogens with zero attached hydrogens (tertiary/aromatic N) is 2. The second kappa shape index (κ2) is 5.72. The van der Waals surface area contributed by atoms with Crippen molar-refractivity contribution in [3.8, 4) is 5.88 Å². The molecular formula is C10H10Cl2N2O2. The van der Waals surface area contributed by atoms with E-state index in [-0.39, 0.29) is 11.0 Å². The van der Waals surface area contributed by atoms with Gasteiger partial charge in [-0.3, -0.25) is 0 Å². The van der Waals surface area contributed by atoms with Crippen LogP contribution in [0.25, 0.3) is 0 Å². The van der Waals surface area contributed by atoms with Gasteiger partial charge in [-0.25, -0.2) is 9.78 Å². The van der Waals surface area contributed by atoms with Gasteiger partial charge in [0.05, 0.1) is 0 Å². The highest BCUT2D eigenvalue weighted by Crippen LogP contribution is 2.20. The molecule has 0 unspecified atom stereocenters. The average Bonchev–Trinajstić information content (AvgIpc) is 2.12. The first-order valence-corrected chi connectivity index (χ1v) is 5.12. The predicted octanol–water partition coefficient (Wildman–Crippen LogP) is 2.37. The Labute approximate surface area is 103 Å². The van der Waals surface area contributed by atoms with Crippen LogP contribution < -0.4 is 4.74 Å². The minimum absolute atomic E-state index is 0.0749. The van der Waals surface area contributed by atoms with Crippen molar-refractivity contribution in [2.45, 2.75) is 0 Å². The van der Waals surface area contributed by atoms with Crippen molar-refractivity contribution in [1.29, 1.82) is 0 Å². The Bertz CT molecular complexity index is 399. The second-order valence-electron chi connectivity index (χ2n) is 3.15. The molecule has 0 aliphatic heterocycles. The van der Waals surface area contributed by atoms with E-state index in [9.17, 15) is 4.79 Å². The van der Waals surface area contributed by atoms with Gasteiger partial charge in [-0.05, 0) is 6.07 Å². The number of hydrogen-bond donors (Lipinski definition) is 0. The Balaban J connectivity index is 2.69. The van der Waals surface area contributed by atoms with Crippen molar-refractivity contribution in [2.75, 3.05) is 14.1 Å². The summed E-state index contributed by atoms with van der Waals surface area (Å²) in [6.45, 7) is 0. The molecule has 0 radical (unpaired) electrons. The van der Waals surface area contributed by atoms with Crippen LogP contribution in [0, 0.1) is 0 Å². The third-order valence-electron chi connectivity index (χ3n) is 1.45. The molecule has 1 rings (SSSR count). The van der Waals surface area contributed by atoms with Gasteiger partial charge in [0.25, 0.3) is 0 Å². The summed E-state index contributed by atoms with van der Waals surface area (Å²) >= 11 is 11.4. The van der Waals surface area contributed by atoms with E-state index in [1.54, 1.807) is 25.2 Å². The molecule has 1 heterocycles. The first-order chi connectivity index (χ1) is 7.47. The van der Waals surface area contributed by atoms with Gasteiger partial charge in [0, 0.05) is 37.5 Å². The van der Waals surface area contributed by atoms with Crippen LogP contribution in [0.1, 0.15) is 0 Å². The summed E-state index contributed by atoms with van der Waals surface area (Å²) in [4.78, 5) is 16.8. The van der Waals surface area contributed by atoms with Crippen molar-refractivity contribution < 1.29 is 9.53 Å². The number of rotatable bonds is 3. The molecule has 0 spiro atoms. The van der Waals surface area contributed by atoms with Crippen LogP contribution in [-0.4, -0.2) is 29.9 Å². The van der Waals surface area contributed by atoms with E-state index in [0.29, 0.717) is 5.02 Å². The Morgan fingerprint density at radius 2 is 2.12 bits per heavy atom. The zero-order valence-electron chi connectivity index (χ0n) is 8.78. The van der Waals surface area contributed by atoms with E-state index in [4.69, 9.17) is 27.9 Å². The number of hydrogen-bond acceptors (Lipinski definition) is 4. The summed E-state index contributed by atoms with van der Waals surface area (Å²) in [5.74, 6) is -0.467. The highest BCUT2D eigenvalue weighted by Gasteiger charge is 2.04. The molecule has 1 aromatic heterocycles. The maximum atomic E-state index is 11.3. The van der Waals surface area contributed by atoms with Crippen LogP contribution in [0.15, 0.2) is 24.4 Å². The number of carbonyl (C=O) groups excluding carboxylic acids is 1. The summed E-state index contributed by atoms with van der Waals surface area (Å²) in [6, 6.07) is 2.87. The molecule has 0 fully saturated rings. The lowest BCUT2D eigenvalue weighted by atomic mass is 10.5. The summed E-state index contributed by atoms with van der Waals surface area (Å²) in [6.07, 6.45) is 2.84. The minimum atomic E-state index is -0.542. The molecule has 6 heteroatoms. The summed E-state index contributed by atoms with van der Waals surface area (Å²) < 4.78 is 4.89. The molecule has 0 atom stereocenters. The molecule has 4 nitrogen and oxygen atoms in total. The first-order valence-electron chi connectivity index (χ1n) is 4.37. The van der Waals surface area contributed by atoms with Crippen LogP contribution in [0.3, 0.4) is 0 Å². The second-order valence-corrected chi connectivity index (χ2v) is 3.97. The minimum Gasteiger partial charge on any atom is -0.404 e. The summed E-state index contributed by atoms with van der Waals surface area (Å²) in [5, 5.41) is 0.534. The third-order valence-corrected chi connectivity index (χ3v) is 1.86. The van der Waals surface area contributed by atoms with Gasteiger partial charge in [-0.15, -0.1) is 0 Å². The monoisotopic (exact) mass is 260 g/mol. The van der Waals surface area contributed by atoms with Crippen molar-refractivity contribution in [3.63, 3.8) is 0 Å². The van der Waals surface area contributed by atoms with Crippen molar-refractivity contribution in [2.24, 2.45) is 0 Å². The maximum absolute atomic E-state index is 11.3. The number of ether oxygens (including phenoxy) is 1. The number of halogens is 2. The lowest BCUT2D eigenvalue weighted by molar-refractivity contribution is -0.129. The lowest BCUT2D eigenvalue weighted by Gasteiger charge is -2.04. The van der Waals surface area contributed by atoms with Crippen LogP contribution in [0.4, 0.5) is 0 Å². The molecule has 0 aromatic carbocycles. The van der Waals surface area contributed by atoms with Gasteiger partial charge in [-0.1, -0.05) is 23.2 Å². The Morgan fingerprint density at radius 3 is 2.69 bits per heavy atom. The standard InChI is InChI=1S/C10H10Cl2N2O2/c1-14(2)4-3-10(15)16-9-6-7(11)5-8(12)13-9/h3-6H,1-2H3. The number of aromatic nitrogens is 1. The largest absolute Gasteiger partial charge is 0.404 e. The van der Waals surface area contributed by atoms with E-state index in [1.165, 1.54) is 18.2 Å². The smallest absolute Gasteiger partial charge is 0.338 e. The van der Waals surface area contributed by atoms with Gasteiger partial charge in [0.15, 0.2) is 0 Å². The predicted molar refractivity (Wildman–Crippen MR) is 62.7 cm³/mol. The van der Waals surface area contributed by atoms with Crippen LogP contribution >= 0.6 is 23.2 Å². The molecule has 16 heavy (non-hydrogen) atoms. The highest BCUT2D eigenvalue weighted by atomic mass is 35.5. The van der Waals surface area contributed by atoms with E-state index in [1.807, 2.05) is 0 Å². The van der Waals surface area contributed by atoms with Gasteiger partial charge < -0.3 is 9.64 Å². The Kier molecular flexibility index (Phi) is 4.58. The molecule has 0 aliphatic carbocycles. The highest BCUT2D eigenvalue weighted by molar-refractivity contribution is 6.34. The fourth-order valence-corrected chi connectivity index (χ4v) is 1.30. The van der Waals surface area contributed by atoms with Crippen LogP contribution in [0.5, 0.6) is 5.88 Å². The van der Waals surface area contributed by atoms with E-state index < -0.39 is 5.97 Å². The lowest BCUT2D eigenvalue weighted by Crippen LogP contribution is -2.08. The molecule has 0 saturated heterocycles. The quantitative estimate of drug-likeness (QED) is 0.476. The number of pyridine rings is 1. The summed E-state index contributed by atoms with van der Waals surface area (Å²) in [5.41, 5.74) is 0. The van der Waals surface area contributed by atoms with Gasteiger partial charge in [0.1, 0.15) is 5.15 Å². The van der Waals surface area contributed by atoms with Crippen molar-refractivity contribution >= 4 is 29.2 Å². The van der Waals surface area contributed by atoms with E-state index in [0.717, 1.165) is 0 Å². The maximum Gasteiger partial charge on any atom is 0.338 e. The van der Waals surface area contributed by atoms with Gasteiger partial charge in [0.2, 0.25) is 5.88 Å². The fourth-order valence-electron chi connectivity index (χ4n) is 0.843. The van der Waals surface area contributed by atoms with Crippen molar-refractivity contribution in [1.82, 2.24) is 9.88 Å². The van der Waals surface area contributed by atoms with Crippen LogP contribution in [-0.2, 0) is 4.79 Å². The topological polar surface area (TPSA) is 42.4 Å². The van der Waals surface area contributed by atoms with E-state index in [2.05, 4.69) is 4.98 Å². The number of esters is 1. The fraction of sp³-hybridized carbons (Fsp3) is 0.200. The average molecular weight is 261 g/mol. The number of carbonyl (C=O) groups is 1. The zero-order chi connectivity index (χ0) is 12.1. The molecular weight excluding hydrogens is 251 g/mol. The molecule has 86 valence electrons. The van der Waals surface area contributed by atoms with Gasteiger partial charge in [-0.2, -0.15) is 0 Å². The zero-order valence-corrected chi connectivity index (χ0v) is 10.3. The SMILES string of the molecule is CN(C)C=CC(=O)Oc1cc(Cl)cc(Cl)n1. The van der Waals surface area contributed by atoms with Gasteiger partial charge >= 0.3 is 5.97 Å². The normalized spacial score (nSPS) is 10.5. The molecule has 0 amide bonds. The molecule has 0 saturated carbocycles. The summed E-state index contributed by atoms with van der Waals surface area (Å²) in [7, 11) is 3.58. The van der Waals surface area contributed by atoms with Crippen molar-refractivity contribution in [3.05, 3.63) is 34.6 Å². The van der Waals surface area contributed by atoms with Crippen LogP contribution in [0.2, 0.25) is 10.2 Å². The van der Waals surface area contributed by atoms with E-state index >= 15 is 0 Å². The molecule has 0 bridgehead atoms. The Morgan fingerprint density at radius 1 is 1.44 bits per heavy atom. The molecule has 0 aliphatic rings. The first kappa shape index (κ1) is 12.8.